The standard InChI is InChI=1S/C24H19N3O2/c28-23(26-16-17-7-2-1-3-8-17)19-13-14-25-22(15-19)27-24(29)21-12-6-10-18-9-4-5-11-20(18)21/h1-15H,16H2,(H,26,28)(H,25,27,29). The average Bonchev–Trinajstić information content (AvgIpc) is 2.78. The van der Waals surface area contributed by atoms with Crippen LogP contribution in [0.15, 0.2) is 91.1 Å². The number of hydrogen-bond donors (Lipinski definition) is 2. The quantitative estimate of drug-likeness (QED) is 0.538. The zero-order chi connectivity index (χ0) is 20.1. The summed E-state index contributed by atoms with van der Waals surface area (Å²) in [5, 5.41) is 7.51. The Hall–Kier alpha value is -3.99. The smallest absolute Gasteiger partial charge is 0.257 e. The number of nitrogens with one attached hydrogen (secondary N) is 2. The van der Waals surface area contributed by atoms with E-state index < -0.39 is 0 Å². The highest BCUT2D eigenvalue weighted by atomic mass is 16.2. The average molecular weight is 381 g/mol. The van der Waals surface area contributed by atoms with E-state index in [0.29, 0.717) is 23.5 Å². The van der Waals surface area contributed by atoms with Gasteiger partial charge in [-0.3, -0.25) is 9.59 Å². The van der Waals surface area contributed by atoms with Crippen molar-refractivity contribution in [1.29, 1.82) is 0 Å². The summed E-state index contributed by atoms with van der Waals surface area (Å²) in [6.07, 6.45) is 1.51. The first-order chi connectivity index (χ1) is 14.2. The molecule has 29 heavy (non-hydrogen) atoms. The molecule has 5 heteroatoms. The van der Waals surface area contributed by atoms with Gasteiger partial charge in [0.15, 0.2) is 0 Å². The molecule has 0 saturated heterocycles. The number of nitrogens with zero attached hydrogens (tertiary/aromatic N) is 1. The number of fused-ring (bicyclic) bond motifs is 1. The van der Waals surface area contributed by atoms with Crippen molar-refractivity contribution in [1.82, 2.24) is 10.3 Å². The Bertz CT molecular complexity index is 1170. The van der Waals surface area contributed by atoms with Crippen molar-refractivity contribution in [2.75, 3.05) is 5.32 Å². The van der Waals surface area contributed by atoms with Gasteiger partial charge in [-0.1, -0.05) is 66.7 Å². The number of carbonyl (C=O) groups excluding carboxylic acids is 2. The third kappa shape index (κ3) is 4.30. The summed E-state index contributed by atoms with van der Waals surface area (Å²) in [6.45, 7) is 0.430. The summed E-state index contributed by atoms with van der Waals surface area (Å²) >= 11 is 0. The summed E-state index contributed by atoms with van der Waals surface area (Å²) < 4.78 is 0. The lowest BCUT2D eigenvalue weighted by Gasteiger charge is -2.09. The van der Waals surface area contributed by atoms with Gasteiger partial charge in [-0.05, 0) is 34.5 Å². The van der Waals surface area contributed by atoms with Gasteiger partial charge in [0.2, 0.25) is 0 Å². The van der Waals surface area contributed by atoms with Crippen LogP contribution in [-0.2, 0) is 6.54 Å². The molecular weight excluding hydrogens is 362 g/mol. The zero-order valence-corrected chi connectivity index (χ0v) is 15.6. The second-order valence-electron chi connectivity index (χ2n) is 6.58. The largest absolute Gasteiger partial charge is 0.348 e. The van der Waals surface area contributed by atoms with Crippen molar-refractivity contribution >= 4 is 28.4 Å². The zero-order valence-electron chi connectivity index (χ0n) is 15.6. The molecule has 5 nitrogen and oxygen atoms in total. The van der Waals surface area contributed by atoms with Gasteiger partial charge < -0.3 is 10.6 Å². The van der Waals surface area contributed by atoms with E-state index in [-0.39, 0.29) is 11.8 Å². The molecule has 2 amide bonds. The molecule has 3 aromatic carbocycles. The molecule has 4 aromatic rings. The van der Waals surface area contributed by atoms with Crippen LogP contribution in [0.5, 0.6) is 0 Å². The maximum absolute atomic E-state index is 12.8. The molecule has 0 aliphatic carbocycles. The molecule has 4 rings (SSSR count). The van der Waals surface area contributed by atoms with E-state index in [9.17, 15) is 9.59 Å². The highest BCUT2D eigenvalue weighted by Gasteiger charge is 2.12. The summed E-state index contributed by atoms with van der Waals surface area (Å²) in [6, 6.07) is 26.1. The fraction of sp³-hybridized carbons (Fsp3) is 0.0417. The van der Waals surface area contributed by atoms with Crippen molar-refractivity contribution < 1.29 is 9.59 Å². The first-order valence-corrected chi connectivity index (χ1v) is 9.28. The minimum Gasteiger partial charge on any atom is -0.348 e. The van der Waals surface area contributed by atoms with Gasteiger partial charge in [-0.15, -0.1) is 0 Å². The molecule has 1 heterocycles. The van der Waals surface area contributed by atoms with Gasteiger partial charge in [0.25, 0.3) is 11.8 Å². The maximum atomic E-state index is 12.8. The van der Waals surface area contributed by atoms with E-state index in [4.69, 9.17) is 0 Å². The van der Waals surface area contributed by atoms with E-state index in [1.807, 2.05) is 66.7 Å². The van der Waals surface area contributed by atoms with Crippen molar-refractivity contribution in [3.63, 3.8) is 0 Å². The van der Waals surface area contributed by atoms with E-state index in [2.05, 4.69) is 15.6 Å². The van der Waals surface area contributed by atoms with E-state index in [1.165, 1.54) is 6.20 Å². The van der Waals surface area contributed by atoms with Gasteiger partial charge in [-0.25, -0.2) is 4.98 Å². The molecule has 1 aromatic heterocycles. The molecule has 142 valence electrons. The SMILES string of the molecule is O=C(NCc1ccccc1)c1ccnc(NC(=O)c2cccc3ccccc23)c1. The van der Waals surface area contributed by atoms with Crippen LogP contribution in [0.4, 0.5) is 5.82 Å². The number of aromatic nitrogens is 1. The topological polar surface area (TPSA) is 71.1 Å². The number of rotatable bonds is 5. The first kappa shape index (κ1) is 18.4. The molecule has 0 saturated carbocycles. The Balaban J connectivity index is 1.48. The predicted molar refractivity (Wildman–Crippen MR) is 114 cm³/mol. The van der Waals surface area contributed by atoms with Gasteiger partial charge in [-0.2, -0.15) is 0 Å². The number of hydrogen-bond acceptors (Lipinski definition) is 3. The van der Waals surface area contributed by atoms with Gasteiger partial charge in [0.05, 0.1) is 0 Å². The van der Waals surface area contributed by atoms with Crippen LogP contribution in [0.2, 0.25) is 0 Å². The minimum atomic E-state index is -0.267. The van der Waals surface area contributed by atoms with Crippen molar-refractivity contribution in [3.05, 3.63) is 108 Å². The van der Waals surface area contributed by atoms with Crippen LogP contribution in [0, 0.1) is 0 Å². The molecule has 0 radical (unpaired) electrons. The fourth-order valence-corrected chi connectivity index (χ4v) is 3.13. The molecule has 0 unspecified atom stereocenters. The Morgan fingerprint density at radius 2 is 1.55 bits per heavy atom. The van der Waals surface area contributed by atoms with E-state index >= 15 is 0 Å². The van der Waals surface area contributed by atoms with Crippen LogP contribution in [0.3, 0.4) is 0 Å². The van der Waals surface area contributed by atoms with Crippen molar-refractivity contribution in [2.24, 2.45) is 0 Å². The minimum absolute atomic E-state index is 0.225. The molecule has 0 spiro atoms. The second kappa shape index (κ2) is 8.35. The number of amides is 2. The molecule has 0 aliphatic rings. The number of pyridine rings is 1. The van der Waals surface area contributed by atoms with Crippen LogP contribution in [-0.4, -0.2) is 16.8 Å². The third-order valence-corrected chi connectivity index (χ3v) is 4.59. The summed E-state index contributed by atoms with van der Waals surface area (Å²) in [4.78, 5) is 29.4. The molecule has 0 fully saturated rings. The Morgan fingerprint density at radius 1 is 0.793 bits per heavy atom. The highest BCUT2D eigenvalue weighted by Crippen LogP contribution is 2.19. The normalized spacial score (nSPS) is 10.5. The number of anilines is 1. The second-order valence-corrected chi connectivity index (χ2v) is 6.58. The molecule has 2 N–H and O–H groups in total. The van der Waals surface area contributed by atoms with Crippen LogP contribution in [0.25, 0.3) is 10.8 Å². The van der Waals surface area contributed by atoms with Gasteiger partial charge in [0, 0.05) is 23.9 Å². The van der Waals surface area contributed by atoms with Crippen LogP contribution in [0.1, 0.15) is 26.3 Å². The lowest BCUT2D eigenvalue weighted by molar-refractivity contribution is 0.0949. The fourth-order valence-electron chi connectivity index (χ4n) is 3.13. The number of benzene rings is 3. The lowest BCUT2D eigenvalue weighted by atomic mass is 10.0. The lowest BCUT2D eigenvalue weighted by Crippen LogP contribution is -2.23. The summed E-state index contributed by atoms with van der Waals surface area (Å²) in [5.41, 5.74) is 2.01. The Morgan fingerprint density at radius 3 is 2.41 bits per heavy atom. The molecule has 0 bridgehead atoms. The molecule has 0 atom stereocenters. The van der Waals surface area contributed by atoms with Crippen molar-refractivity contribution in [2.45, 2.75) is 6.54 Å². The first-order valence-electron chi connectivity index (χ1n) is 9.28. The van der Waals surface area contributed by atoms with Crippen LogP contribution < -0.4 is 10.6 Å². The Labute approximate surface area is 168 Å². The molecular formula is C24H19N3O2. The summed E-state index contributed by atoms with van der Waals surface area (Å²) in [7, 11) is 0. The van der Waals surface area contributed by atoms with Crippen LogP contribution >= 0.6 is 0 Å². The number of carbonyl (C=O) groups is 2. The highest BCUT2D eigenvalue weighted by molar-refractivity contribution is 6.12. The van der Waals surface area contributed by atoms with Crippen molar-refractivity contribution in [3.8, 4) is 0 Å². The predicted octanol–water partition coefficient (Wildman–Crippen LogP) is 4.42. The van der Waals surface area contributed by atoms with Gasteiger partial charge >= 0.3 is 0 Å². The monoisotopic (exact) mass is 381 g/mol. The summed E-state index contributed by atoms with van der Waals surface area (Å²) in [5.74, 6) is -0.164. The van der Waals surface area contributed by atoms with E-state index in [1.54, 1.807) is 18.2 Å². The Kier molecular flexibility index (Phi) is 5.29. The van der Waals surface area contributed by atoms with Gasteiger partial charge in [0.1, 0.15) is 5.82 Å². The maximum Gasteiger partial charge on any atom is 0.257 e. The third-order valence-electron chi connectivity index (χ3n) is 4.59. The van der Waals surface area contributed by atoms with E-state index in [0.717, 1.165) is 16.3 Å². The molecule has 0 aliphatic heterocycles.